The Balaban J connectivity index is 1.98. The Bertz CT molecular complexity index is 433. The second-order valence-electron chi connectivity index (χ2n) is 5.31. The maximum absolute atomic E-state index is 10.4. The van der Waals surface area contributed by atoms with Gasteiger partial charge in [-0.1, -0.05) is 6.92 Å². The number of rotatable bonds is 6. The number of aliphatic hydroxyl groups is 1. The molecule has 1 aromatic rings. The van der Waals surface area contributed by atoms with Gasteiger partial charge >= 0.3 is 0 Å². The average Bonchev–Trinajstić information content (AvgIpc) is 2.46. The molecule has 0 saturated carbocycles. The van der Waals surface area contributed by atoms with Gasteiger partial charge in [0, 0.05) is 44.7 Å². The van der Waals surface area contributed by atoms with Crippen LogP contribution in [0.3, 0.4) is 0 Å². The Kier molecular flexibility index (Phi) is 5.14. The normalized spacial score (nSPS) is 17.8. The van der Waals surface area contributed by atoms with Gasteiger partial charge in [-0.25, -0.2) is 9.97 Å². The third-order valence-corrected chi connectivity index (χ3v) is 3.63. The highest BCUT2D eigenvalue weighted by molar-refractivity contribution is 5.56. The molecule has 0 unspecified atom stereocenters. The van der Waals surface area contributed by atoms with Gasteiger partial charge in [0.05, 0.1) is 5.60 Å². The first kappa shape index (κ1) is 15.0. The molecule has 6 nitrogen and oxygen atoms in total. The number of aromatic nitrogens is 2. The maximum atomic E-state index is 10.4. The summed E-state index contributed by atoms with van der Waals surface area (Å²) in [5.41, 5.74) is 0.281. The summed E-state index contributed by atoms with van der Waals surface area (Å²) in [6, 6.07) is 0. The molecular weight excluding hydrogens is 256 g/mol. The summed E-state index contributed by atoms with van der Waals surface area (Å²) in [6.07, 6.45) is 3.91. The van der Waals surface area contributed by atoms with Crippen LogP contribution in [-0.4, -0.2) is 47.0 Å². The second-order valence-corrected chi connectivity index (χ2v) is 5.31. The molecule has 0 spiro atoms. The third-order valence-electron chi connectivity index (χ3n) is 3.63. The lowest BCUT2D eigenvalue weighted by atomic mass is 9.94. The zero-order valence-corrected chi connectivity index (χ0v) is 12.3. The molecule has 1 aliphatic rings. The highest BCUT2D eigenvalue weighted by Crippen LogP contribution is 2.23. The Hall–Kier alpha value is -1.40. The molecule has 0 radical (unpaired) electrons. The third kappa shape index (κ3) is 3.80. The Morgan fingerprint density at radius 2 is 1.90 bits per heavy atom. The zero-order valence-electron chi connectivity index (χ0n) is 12.3. The number of hydrogen-bond acceptors (Lipinski definition) is 6. The van der Waals surface area contributed by atoms with E-state index >= 15 is 0 Å². The molecule has 2 heterocycles. The van der Waals surface area contributed by atoms with Crippen LogP contribution in [0.1, 0.15) is 31.7 Å². The van der Waals surface area contributed by atoms with Gasteiger partial charge in [0.2, 0.25) is 0 Å². The van der Waals surface area contributed by atoms with Crippen molar-refractivity contribution in [3.8, 4) is 0 Å². The number of ether oxygens (including phenoxy) is 1. The molecule has 6 heteroatoms. The maximum Gasteiger partial charge on any atom is 0.134 e. The fourth-order valence-corrected chi connectivity index (χ4v) is 2.23. The van der Waals surface area contributed by atoms with Crippen molar-refractivity contribution >= 4 is 11.6 Å². The van der Waals surface area contributed by atoms with Gasteiger partial charge in [-0.15, -0.1) is 0 Å². The van der Waals surface area contributed by atoms with Crippen LogP contribution in [0.2, 0.25) is 0 Å². The zero-order chi connectivity index (χ0) is 14.4. The van der Waals surface area contributed by atoms with Crippen LogP contribution in [-0.2, 0) is 4.74 Å². The molecule has 2 rings (SSSR count). The van der Waals surface area contributed by atoms with Gasteiger partial charge in [-0.2, -0.15) is 0 Å². The minimum atomic E-state index is -0.702. The molecule has 3 N–H and O–H groups in total. The van der Waals surface area contributed by atoms with E-state index in [1.54, 1.807) is 6.33 Å². The van der Waals surface area contributed by atoms with Gasteiger partial charge in [0.15, 0.2) is 0 Å². The predicted octanol–water partition coefficient (Wildman–Crippen LogP) is 1.56. The topological polar surface area (TPSA) is 79.3 Å². The molecular formula is C14H24N4O2. The van der Waals surface area contributed by atoms with Gasteiger partial charge in [0.25, 0.3) is 0 Å². The summed E-state index contributed by atoms with van der Waals surface area (Å²) in [5.74, 6) is 1.63. The van der Waals surface area contributed by atoms with E-state index in [-0.39, 0.29) is 0 Å². The lowest BCUT2D eigenvalue weighted by Gasteiger charge is -2.32. The van der Waals surface area contributed by atoms with Gasteiger partial charge in [-0.05, 0) is 13.3 Å². The molecule has 0 bridgehead atoms. The van der Waals surface area contributed by atoms with Crippen molar-refractivity contribution in [1.82, 2.24) is 9.97 Å². The summed E-state index contributed by atoms with van der Waals surface area (Å²) < 4.78 is 5.28. The molecule has 0 atom stereocenters. The Morgan fingerprint density at radius 1 is 1.25 bits per heavy atom. The van der Waals surface area contributed by atoms with Crippen molar-refractivity contribution in [3.05, 3.63) is 11.9 Å². The molecule has 1 saturated heterocycles. The van der Waals surface area contributed by atoms with Crippen LogP contribution in [0.4, 0.5) is 11.6 Å². The number of nitrogens with zero attached hydrogens (tertiary/aromatic N) is 2. The number of anilines is 2. The smallest absolute Gasteiger partial charge is 0.134 e. The van der Waals surface area contributed by atoms with E-state index in [1.165, 1.54) is 0 Å². The second kappa shape index (κ2) is 6.85. The summed E-state index contributed by atoms with van der Waals surface area (Å²) in [6.45, 7) is 6.70. The van der Waals surface area contributed by atoms with Crippen LogP contribution in [0.15, 0.2) is 6.33 Å². The Labute approximate surface area is 120 Å². The summed E-state index contributed by atoms with van der Waals surface area (Å²) in [7, 11) is 0. The van der Waals surface area contributed by atoms with E-state index in [0.717, 1.165) is 30.2 Å². The van der Waals surface area contributed by atoms with Crippen LogP contribution < -0.4 is 10.6 Å². The largest absolute Gasteiger partial charge is 0.388 e. The molecule has 1 fully saturated rings. The van der Waals surface area contributed by atoms with Crippen molar-refractivity contribution in [3.63, 3.8) is 0 Å². The van der Waals surface area contributed by atoms with Crippen molar-refractivity contribution in [2.45, 2.75) is 38.7 Å². The van der Waals surface area contributed by atoms with Crippen LogP contribution in [0.25, 0.3) is 0 Å². The summed E-state index contributed by atoms with van der Waals surface area (Å²) in [5, 5.41) is 17.0. The van der Waals surface area contributed by atoms with E-state index in [1.807, 2.05) is 6.92 Å². The minimum absolute atomic E-state index is 0.488. The molecule has 1 aliphatic heterocycles. The lowest BCUT2D eigenvalue weighted by Crippen LogP contribution is -2.42. The van der Waals surface area contributed by atoms with Crippen molar-refractivity contribution in [2.24, 2.45) is 0 Å². The van der Waals surface area contributed by atoms with Gasteiger partial charge in [0.1, 0.15) is 18.0 Å². The molecule has 0 amide bonds. The molecule has 0 aromatic carbocycles. The van der Waals surface area contributed by atoms with Crippen molar-refractivity contribution < 1.29 is 9.84 Å². The monoisotopic (exact) mass is 280 g/mol. The van der Waals surface area contributed by atoms with Gasteiger partial charge in [-0.3, -0.25) is 0 Å². The predicted molar refractivity (Wildman–Crippen MR) is 79.0 cm³/mol. The standard InChI is InChI=1S/C14H24N4O2/c1-3-6-15-12-11(2)13(18-10-17-12)16-9-14(19)4-7-20-8-5-14/h10,19H,3-9H2,1-2H3,(H2,15,16,17,18). The average molecular weight is 280 g/mol. The number of hydrogen-bond donors (Lipinski definition) is 3. The quantitative estimate of drug-likeness (QED) is 0.734. The van der Waals surface area contributed by atoms with E-state index in [4.69, 9.17) is 4.74 Å². The van der Waals surface area contributed by atoms with E-state index in [2.05, 4.69) is 27.5 Å². The summed E-state index contributed by atoms with van der Waals surface area (Å²) >= 11 is 0. The fourth-order valence-electron chi connectivity index (χ4n) is 2.23. The molecule has 1 aromatic heterocycles. The number of nitrogens with one attached hydrogen (secondary N) is 2. The van der Waals surface area contributed by atoms with E-state index in [9.17, 15) is 5.11 Å². The van der Waals surface area contributed by atoms with Crippen molar-refractivity contribution in [1.29, 1.82) is 0 Å². The van der Waals surface area contributed by atoms with Gasteiger partial charge < -0.3 is 20.5 Å². The first-order valence-electron chi connectivity index (χ1n) is 7.24. The van der Waals surface area contributed by atoms with Crippen LogP contribution >= 0.6 is 0 Å². The molecule has 0 aliphatic carbocycles. The minimum Gasteiger partial charge on any atom is -0.388 e. The van der Waals surface area contributed by atoms with Crippen LogP contribution in [0, 0.1) is 6.92 Å². The fraction of sp³-hybridized carbons (Fsp3) is 0.714. The first-order valence-corrected chi connectivity index (χ1v) is 7.24. The highest BCUT2D eigenvalue weighted by atomic mass is 16.5. The summed E-state index contributed by atoms with van der Waals surface area (Å²) in [4.78, 5) is 8.50. The first-order chi connectivity index (χ1) is 9.64. The lowest BCUT2D eigenvalue weighted by molar-refractivity contribution is -0.0543. The molecule has 112 valence electrons. The van der Waals surface area contributed by atoms with Crippen LogP contribution in [0.5, 0.6) is 0 Å². The van der Waals surface area contributed by atoms with E-state index in [0.29, 0.717) is 32.6 Å². The van der Waals surface area contributed by atoms with E-state index < -0.39 is 5.60 Å². The van der Waals surface area contributed by atoms with Crippen molar-refractivity contribution in [2.75, 3.05) is 36.9 Å². The molecule has 20 heavy (non-hydrogen) atoms. The Morgan fingerprint density at radius 3 is 2.55 bits per heavy atom. The highest BCUT2D eigenvalue weighted by Gasteiger charge is 2.29. The SMILES string of the molecule is CCCNc1ncnc(NCC2(O)CCOCC2)c1C.